The molecule has 0 amide bonds. The van der Waals surface area contributed by atoms with E-state index in [0.29, 0.717) is 13.0 Å². The van der Waals surface area contributed by atoms with Crippen LogP contribution >= 0.6 is 0 Å². The van der Waals surface area contributed by atoms with Gasteiger partial charge in [-0.25, -0.2) is 9.59 Å². The summed E-state index contributed by atoms with van der Waals surface area (Å²) < 4.78 is 63.5. The van der Waals surface area contributed by atoms with Gasteiger partial charge >= 0.3 is 30.3 Å². The van der Waals surface area contributed by atoms with E-state index >= 15 is 0 Å². The van der Waals surface area contributed by atoms with Crippen molar-refractivity contribution in [2.24, 2.45) is 11.5 Å². The van der Waals surface area contributed by atoms with E-state index in [1.807, 2.05) is 0 Å². The summed E-state index contributed by atoms with van der Waals surface area (Å²) in [6, 6.07) is -0.716. The maximum atomic E-state index is 10.6. The van der Waals surface area contributed by atoms with Crippen molar-refractivity contribution >= 4 is 17.9 Å². The van der Waals surface area contributed by atoms with Gasteiger partial charge in [0.25, 0.3) is 0 Å². The average Bonchev–Trinajstić information content (AvgIpc) is 2.37. The van der Waals surface area contributed by atoms with Crippen LogP contribution in [0.2, 0.25) is 0 Å². The lowest BCUT2D eigenvalue weighted by molar-refractivity contribution is -0.193. The summed E-state index contributed by atoms with van der Waals surface area (Å²) in [6.07, 6.45) is -8.00. The lowest BCUT2D eigenvalue weighted by atomic mass is 10.1. The zero-order valence-electron chi connectivity index (χ0n) is 11.9. The third-order valence-corrected chi connectivity index (χ3v) is 1.77. The molecule has 0 heterocycles. The molecule has 7 N–H and O–H groups in total. The first-order valence-corrected chi connectivity index (χ1v) is 5.86. The Kier molecular flexibility index (Phi) is 13.8. The molecule has 0 unspecified atom stereocenters. The molecule has 0 radical (unpaired) electrons. The van der Waals surface area contributed by atoms with Crippen molar-refractivity contribution in [1.29, 1.82) is 0 Å². The van der Waals surface area contributed by atoms with Crippen LogP contribution in [0.4, 0.5) is 26.3 Å². The fourth-order valence-corrected chi connectivity index (χ4v) is 0.632. The summed E-state index contributed by atoms with van der Waals surface area (Å²) in [7, 11) is 0. The van der Waals surface area contributed by atoms with E-state index in [4.69, 9.17) is 36.4 Å². The number of rotatable bonds is 5. The van der Waals surface area contributed by atoms with Crippen LogP contribution in [0.15, 0.2) is 0 Å². The van der Waals surface area contributed by atoms with Crippen molar-refractivity contribution in [3.8, 4) is 0 Å². The van der Waals surface area contributed by atoms with Crippen LogP contribution in [0.3, 0.4) is 0 Å². The minimum absolute atomic E-state index is 0.520. The highest BCUT2D eigenvalue weighted by Crippen LogP contribution is 2.13. The highest BCUT2D eigenvalue weighted by atomic mass is 19.4. The third kappa shape index (κ3) is 19.9. The predicted molar refractivity (Wildman–Crippen MR) is 65.9 cm³/mol. The molecule has 1 atom stereocenters. The van der Waals surface area contributed by atoms with E-state index < -0.39 is 36.3 Å². The van der Waals surface area contributed by atoms with Gasteiger partial charge in [0.05, 0.1) is 0 Å². The third-order valence-electron chi connectivity index (χ3n) is 1.77. The number of hydrogen-bond acceptors (Lipinski definition) is 5. The predicted octanol–water partition coefficient (Wildman–Crippen LogP) is 0.794. The maximum Gasteiger partial charge on any atom is 0.490 e. The van der Waals surface area contributed by atoms with Crippen LogP contribution in [-0.4, -0.2) is 58.2 Å². The van der Waals surface area contributed by atoms with Crippen molar-refractivity contribution in [2.45, 2.75) is 37.7 Å². The Bertz CT molecular complexity index is 374. The van der Waals surface area contributed by atoms with Crippen LogP contribution in [0.25, 0.3) is 0 Å². The van der Waals surface area contributed by atoms with Gasteiger partial charge in [0.15, 0.2) is 0 Å². The molecule has 0 aliphatic rings. The van der Waals surface area contributed by atoms with E-state index in [2.05, 4.69) is 0 Å². The molecular formula is C10H16F6N2O6. The molecule has 0 fully saturated rings. The van der Waals surface area contributed by atoms with Crippen molar-refractivity contribution in [1.82, 2.24) is 0 Å². The molecule has 0 aromatic rings. The van der Waals surface area contributed by atoms with Crippen LogP contribution < -0.4 is 11.5 Å². The number of nitrogens with two attached hydrogens (primary N) is 2. The lowest BCUT2D eigenvalue weighted by Gasteiger charge is -2.03. The van der Waals surface area contributed by atoms with Gasteiger partial charge in [0, 0.05) is 0 Å². The number of halogens is 6. The Morgan fingerprint density at radius 3 is 1.29 bits per heavy atom. The number of unbranched alkanes of at least 4 members (excludes halogenated alkanes) is 1. The van der Waals surface area contributed by atoms with Crippen LogP contribution in [-0.2, 0) is 14.4 Å². The zero-order valence-corrected chi connectivity index (χ0v) is 11.9. The number of hydrogen-bond donors (Lipinski definition) is 5. The van der Waals surface area contributed by atoms with Gasteiger partial charge in [-0.3, -0.25) is 4.79 Å². The summed E-state index contributed by atoms with van der Waals surface area (Å²) >= 11 is 0. The molecule has 0 rings (SSSR count). The van der Waals surface area contributed by atoms with Gasteiger partial charge in [-0.05, 0) is 19.4 Å². The SMILES string of the molecule is NCCCC[C@H](N)C(=O)O.O=C(O)C(F)(F)F.O=C(O)C(F)(F)F. The van der Waals surface area contributed by atoms with Crippen LogP contribution in [0.5, 0.6) is 0 Å². The van der Waals surface area contributed by atoms with Crippen LogP contribution in [0.1, 0.15) is 19.3 Å². The van der Waals surface area contributed by atoms with Crippen molar-refractivity contribution in [3.05, 3.63) is 0 Å². The molecule has 8 nitrogen and oxygen atoms in total. The van der Waals surface area contributed by atoms with Crippen molar-refractivity contribution < 1.29 is 56.0 Å². The standard InChI is InChI=1S/C6H14N2O2.2C2HF3O2/c7-4-2-1-3-5(8)6(9)10;2*3-2(4,5)1(6)7/h5H,1-4,7-8H2,(H,9,10);2*(H,6,7)/t5-;;/m0../s1. The number of alkyl halides is 6. The second-order valence-electron chi connectivity index (χ2n) is 3.84. The molecular weight excluding hydrogens is 358 g/mol. The fourth-order valence-electron chi connectivity index (χ4n) is 0.632. The maximum absolute atomic E-state index is 10.6. The molecule has 24 heavy (non-hydrogen) atoms. The molecule has 0 aliphatic carbocycles. The normalized spacial score (nSPS) is 12.0. The first-order chi connectivity index (χ1) is 10.6. The van der Waals surface area contributed by atoms with E-state index in [1.54, 1.807) is 0 Å². The summed E-state index contributed by atoms with van der Waals surface area (Å²) in [5.74, 6) is -6.45. The minimum atomic E-state index is -5.08. The lowest BCUT2D eigenvalue weighted by Crippen LogP contribution is -2.29. The molecule has 0 spiro atoms. The van der Waals surface area contributed by atoms with Gasteiger partial charge in [0.2, 0.25) is 0 Å². The van der Waals surface area contributed by atoms with Crippen molar-refractivity contribution in [2.75, 3.05) is 6.54 Å². The molecule has 144 valence electrons. The van der Waals surface area contributed by atoms with Gasteiger partial charge in [-0.2, -0.15) is 26.3 Å². The van der Waals surface area contributed by atoms with Gasteiger partial charge in [-0.1, -0.05) is 6.42 Å². The summed E-state index contributed by atoms with van der Waals surface area (Å²) in [5.41, 5.74) is 10.4. The molecule has 0 aromatic heterocycles. The highest BCUT2D eigenvalue weighted by Gasteiger charge is 2.38. The second-order valence-corrected chi connectivity index (χ2v) is 3.84. The molecule has 0 saturated carbocycles. The highest BCUT2D eigenvalue weighted by molar-refractivity contribution is 5.73. The van der Waals surface area contributed by atoms with Gasteiger partial charge < -0.3 is 26.8 Å². The zero-order chi connectivity index (χ0) is 20.1. The summed E-state index contributed by atoms with van der Waals surface area (Å²) in [6.45, 7) is 0.604. The Labute approximate surface area is 131 Å². The number of aliphatic carboxylic acids is 3. The Hall–Kier alpha value is -2.09. The monoisotopic (exact) mass is 374 g/mol. The second kappa shape index (κ2) is 12.3. The van der Waals surface area contributed by atoms with Gasteiger partial charge in [0.1, 0.15) is 6.04 Å². The Morgan fingerprint density at radius 2 is 1.12 bits per heavy atom. The number of carbonyl (C=O) groups is 3. The smallest absolute Gasteiger partial charge is 0.480 e. The molecule has 14 heteroatoms. The van der Waals surface area contributed by atoms with Gasteiger partial charge in [-0.15, -0.1) is 0 Å². The molecule has 0 bridgehead atoms. The quantitative estimate of drug-likeness (QED) is 0.348. The summed E-state index contributed by atoms with van der Waals surface area (Å²) in [4.78, 5) is 27.9. The number of carboxylic acid groups (broad SMARTS) is 3. The Balaban J connectivity index is -0.000000283. The minimum Gasteiger partial charge on any atom is -0.480 e. The molecule has 0 saturated heterocycles. The van der Waals surface area contributed by atoms with E-state index in [1.165, 1.54) is 0 Å². The molecule has 0 aliphatic heterocycles. The summed E-state index contributed by atoms with van der Waals surface area (Å²) in [5, 5.41) is 22.6. The largest absolute Gasteiger partial charge is 0.490 e. The van der Waals surface area contributed by atoms with E-state index in [9.17, 15) is 31.1 Å². The number of carboxylic acids is 3. The topological polar surface area (TPSA) is 164 Å². The fraction of sp³-hybridized carbons (Fsp3) is 0.700. The first-order valence-electron chi connectivity index (χ1n) is 5.86. The van der Waals surface area contributed by atoms with E-state index in [-0.39, 0.29) is 0 Å². The molecule has 0 aromatic carbocycles. The van der Waals surface area contributed by atoms with Crippen molar-refractivity contribution in [3.63, 3.8) is 0 Å². The van der Waals surface area contributed by atoms with E-state index in [0.717, 1.165) is 12.8 Å². The average molecular weight is 374 g/mol. The van der Waals surface area contributed by atoms with Crippen LogP contribution in [0, 0.1) is 0 Å². The Morgan fingerprint density at radius 1 is 0.833 bits per heavy atom. The first kappa shape index (κ1) is 26.8.